The van der Waals surface area contributed by atoms with Crippen molar-refractivity contribution in [1.82, 2.24) is 25.7 Å². The van der Waals surface area contributed by atoms with Crippen molar-refractivity contribution < 1.29 is 4.42 Å². The molecule has 2 aromatic heterocycles. The van der Waals surface area contributed by atoms with E-state index in [0.717, 1.165) is 12.1 Å². The van der Waals surface area contributed by atoms with Crippen LogP contribution in [0.5, 0.6) is 0 Å². The van der Waals surface area contributed by atoms with E-state index >= 15 is 0 Å². The lowest BCUT2D eigenvalue weighted by atomic mass is 10.4. The van der Waals surface area contributed by atoms with Crippen molar-refractivity contribution >= 4 is 0 Å². The van der Waals surface area contributed by atoms with Gasteiger partial charge in [0.15, 0.2) is 0 Å². The molecule has 0 spiro atoms. The van der Waals surface area contributed by atoms with Crippen LogP contribution in [0.2, 0.25) is 0 Å². The van der Waals surface area contributed by atoms with Gasteiger partial charge in [0, 0.05) is 6.20 Å². The zero-order valence-corrected chi connectivity index (χ0v) is 7.82. The molecule has 0 atom stereocenters. The number of rotatable bonds is 4. The van der Waals surface area contributed by atoms with Gasteiger partial charge >= 0.3 is 0 Å². The predicted molar refractivity (Wildman–Crippen MR) is 49.3 cm³/mol. The van der Waals surface area contributed by atoms with Crippen LogP contribution in [0.1, 0.15) is 12.8 Å². The summed E-state index contributed by atoms with van der Waals surface area (Å²) in [4.78, 5) is 0. The van der Waals surface area contributed by atoms with Crippen LogP contribution in [-0.4, -0.2) is 26.9 Å². The van der Waals surface area contributed by atoms with Gasteiger partial charge in [-0.05, 0) is 6.54 Å². The van der Waals surface area contributed by atoms with Crippen LogP contribution in [-0.2, 0) is 6.54 Å². The summed E-state index contributed by atoms with van der Waals surface area (Å²) in [6.45, 7) is 3.50. The highest BCUT2D eigenvalue weighted by Gasteiger charge is 2.08. The summed E-state index contributed by atoms with van der Waals surface area (Å²) >= 11 is 0. The van der Waals surface area contributed by atoms with Crippen molar-refractivity contribution in [2.45, 2.75) is 13.5 Å². The lowest BCUT2D eigenvalue weighted by Crippen LogP contribution is -2.11. The largest absolute Gasteiger partial charge is 0.419 e. The summed E-state index contributed by atoms with van der Waals surface area (Å²) in [6.07, 6.45) is 3.36. The lowest BCUT2D eigenvalue weighted by molar-refractivity contribution is 0.482. The number of nitrogens with one attached hydrogen (secondary N) is 2. The number of nitrogens with zero attached hydrogens (tertiary/aromatic N) is 3. The van der Waals surface area contributed by atoms with Crippen molar-refractivity contribution in [1.29, 1.82) is 0 Å². The van der Waals surface area contributed by atoms with Crippen LogP contribution in [0.3, 0.4) is 0 Å². The van der Waals surface area contributed by atoms with E-state index in [1.54, 1.807) is 12.4 Å². The number of hydrogen-bond acceptors (Lipinski definition) is 5. The second-order valence-corrected chi connectivity index (χ2v) is 2.77. The van der Waals surface area contributed by atoms with Crippen molar-refractivity contribution in [3.63, 3.8) is 0 Å². The van der Waals surface area contributed by atoms with Crippen LogP contribution in [0.4, 0.5) is 0 Å². The number of hydrogen-bond donors (Lipinski definition) is 2. The molecule has 0 bridgehead atoms. The molecule has 0 radical (unpaired) electrons. The van der Waals surface area contributed by atoms with Crippen LogP contribution in [0, 0.1) is 0 Å². The first-order valence-electron chi connectivity index (χ1n) is 4.42. The molecule has 2 rings (SSSR count). The molecule has 2 aromatic rings. The Hall–Kier alpha value is -1.69. The maximum atomic E-state index is 5.39. The van der Waals surface area contributed by atoms with Crippen LogP contribution in [0.15, 0.2) is 16.8 Å². The van der Waals surface area contributed by atoms with Crippen molar-refractivity contribution in [2.24, 2.45) is 0 Å². The van der Waals surface area contributed by atoms with Crippen LogP contribution < -0.4 is 5.32 Å². The Morgan fingerprint density at radius 3 is 3.14 bits per heavy atom. The first-order valence-corrected chi connectivity index (χ1v) is 4.42. The fourth-order valence-corrected chi connectivity index (χ4v) is 1.04. The van der Waals surface area contributed by atoms with Crippen molar-refractivity contribution in [2.75, 3.05) is 6.54 Å². The minimum atomic E-state index is 0.492. The number of H-pyrrole nitrogens is 1. The highest BCUT2D eigenvalue weighted by atomic mass is 16.4. The van der Waals surface area contributed by atoms with Crippen LogP contribution >= 0.6 is 0 Å². The summed E-state index contributed by atoms with van der Waals surface area (Å²) in [6, 6.07) is 0. The molecule has 0 aliphatic carbocycles. The third-order valence-electron chi connectivity index (χ3n) is 1.74. The van der Waals surface area contributed by atoms with Crippen molar-refractivity contribution in [3.8, 4) is 11.5 Å². The summed E-state index contributed by atoms with van der Waals surface area (Å²) in [5.74, 6) is 1.08. The zero-order valence-electron chi connectivity index (χ0n) is 7.82. The SMILES string of the molecule is CCNCc1nnc(-c2cn[nH]c2)o1. The Balaban J connectivity index is 2.10. The normalized spacial score (nSPS) is 10.6. The molecule has 0 amide bonds. The third-order valence-corrected chi connectivity index (χ3v) is 1.74. The molecule has 0 unspecified atom stereocenters. The average molecular weight is 193 g/mol. The van der Waals surface area contributed by atoms with Gasteiger partial charge in [0.05, 0.1) is 18.3 Å². The zero-order chi connectivity index (χ0) is 9.80. The summed E-state index contributed by atoms with van der Waals surface area (Å²) < 4.78 is 5.39. The second kappa shape index (κ2) is 4.01. The number of aromatic amines is 1. The Morgan fingerprint density at radius 1 is 1.50 bits per heavy atom. The topological polar surface area (TPSA) is 79.6 Å². The molecule has 6 heteroatoms. The molecular formula is C8H11N5O. The molecule has 0 aromatic carbocycles. The fraction of sp³-hybridized carbons (Fsp3) is 0.375. The lowest BCUT2D eigenvalue weighted by Gasteiger charge is -1.93. The molecular weight excluding hydrogens is 182 g/mol. The van der Waals surface area contributed by atoms with E-state index in [2.05, 4.69) is 25.7 Å². The minimum Gasteiger partial charge on any atom is -0.419 e. The van der Waals surface area contributed by atoms with Gasteiger partial charge < -0.3 is 9.73 Å². The average Bonchev–Trinajstić information content (AvgIpc) is 2.85. The van der Waals surface area contributed by atoms with Gasteiger partial charge in [0.25, 0.3) is 5.89 Å². The number of aromatic nitrogens is 4. The van der Waals surface area contributed by atoms with Gasteiger partial charge in [-0.3, -0.25) is 5.10 Å². The molecule has 2 heterocycles. The van der Waals surface area contributed by atoms with Gasteiger partial charge in [-0.2, -0.15) is 5.10 Å². The first-order chi connectivity index (χ1) is 6.90. The highest BCUT2D eigenvalue weighted by Crippen LogP contribution is 2.14. The second-order valence-electron chi connectivity index (χ2n) is 2.77. The van der Waals surface area contributed by atoms with Gasteiger partial charge in [-0.15, -0.1) is 10.2 Å². The predicted octanol–water partition coefficient (Wildman–Crippen LogP) is 0.569. The van der Waals surface area contributed by atoms with Gasteiger partial charge in [-0.1, -0.05) is 6.92 Å². The minimum absolute atomic E-state index is 0.492. The standard InChI is InChI=1S/C8H11N5O/c1-2-9-5-7-12-13-8(14-7)6-3-10-11-4-6/h3-4,9H,2,5H2,1H3,(H,10,11). The summed E-state index contributed by atoms with van der Waals surface area (Å²) in [5, 5.41) is 17.4. The molecule has 0 aliphatic rings. The Labute approximate surface area is 80.7 Å². The molecule has 0 fully saturated rings. The van der Waals surface area contributed by atoms with Gasteiger partial charge in [-0.25, -0.2) is 0 Å². The van der Waals surface area contributed by atoms with Crippen LogP contribution in [0.25, 0.3) is 11.5 Å². The Bertz CT molecular complexity index is 380. The van der Waals surface area contributed by atoms with E-state index in [1.807, 2.05) is 6.92 Å². The molecule has 74 valence electrons. The smallest absolute Gasteiger partial charge is 0.250 e. The first kappa shape index (κ1) is 8.89. The fourth-order valence-electron chi connectivity index (χ4n) is 1.04. The third kappa shape index (κ3) is 1.80. The van der Waals surface area contributed by atoms with Gasteiger partial charge in [0.2, 0.25) is 5.89 Å². The monoisotopic (exact) mass is 193 g/mol. The molecule has 0 saturated carbocycles. The highest BCUT2D eigenvalue weighted by molar-refractivity contribution is 5.48. The van der Waals surface area contributed by atoms with Gasteiger partial charge in [0.1, 0.15) is 0 Å². The van der Waals surface area contributed by atoms with E-state index in [0.29, 0.717) is 18.3 Å². The molecule has 6 nitrogen and oxygen atoms in total. The van der Waals surface area contributed by atoms with E-state index in [-0.39, 0.29) is 0 Å². The van der Waals surface area contributed by atoms with E-state index in [1.165, 1.54) is 0 Å². The molecule has 14 heavy (non-hydrogen) atoms. The van der Waals surface area contributed by atoms with E-state index in [9.17, 15) is 0 Å². The molecule has 0 saturated heterocycles. The van der Waals surface area contributed by atoms with E-state index < -0.39 is 0 Å². The molecule has 2 N–H and O–H groups in total. The van der Waals surface area contributed by atoms with E-state index in [4.69, 9.17) is 4.42 Å². The quantitative estimate of drug-likeness (QED) is 0.742. The molecule has 0 aliphatic heterocycles. The van der Waals surface area contributed by atoms with Crippen molar-refractivity contribution in [3.05, 3.63) is 18.3 Å². The Kier molecular flexibility index (Phi) is 2.55. The maximum absolute atomic E-state index is 5.39. The summed E-state index contributed by atoms with van der Waals surface area (Å²) in [5.41, 5.74) is 0.806. The Morgan fingerprint density at radius 2 is 2.43 bits per heavy atom. The summed E-state index contributed by atoms with van der Waals surface area (Å²) in [7, 11) is 0. The maximum Gasteiger partial charge on any atom is 0.250 e.